The van der Waals surface area contributed by atoms with Gasteiger partial charge in [0.1, 0.15) is 10.5 Å². The van der Waals surface area contributed by atoms with Crippen LogP contribution >= 0.6 is 0 Å². The Labute approximate surface area is 134 Å². The third-order valence-electron chi connectivity index (χ3n) is 3.16. The summed E-state index contributed by atoms with van der Waals surface area (Å²) >= 11 is 0. The van der Waals surface area contributed by atoms with Crippen LogP contribution in [0.25, 0.3) is 0 Å². The molecular formula is C14H20N2O6S. The van der Waals surface area contributed by atoms with Crippen molar-refractivity contribution >= 4 is 16.2 Å². The van der Waals surface area contributed by atoms with Gasteiger partial charge in [-0.15, -0.1) is 0 Å². The van der Waals surface area contributed by atoms with Gasteiger partial charge in [0, 0.05) is 18.8 Å². The van der Waals surface area contributed by atoms with Crippen molar-refractivity contribution in [2.24, 2.45) is 5.92 Å². The molecule has 1 aliphatic rings. The molecule has 1 saturated carbocycles. The highest BCUT2D eigenvalue weighted by atomic mass is 32.2. The number of pyridine rings is 1. The van der Waals surface area contributed by atoms with Crippen LogP contribution in [-0.2, 0) is 14.9 Å². The highest BCUT2D eigenvalue weighted by Crippen LogP contribution is 2.29. The first-order valence-corrected chi connectivity index (χ1v) is 8.62. The minimum Gasteiger partial charge on any atom is -0.442 e. The van der Waals surface area contributed by atoms with Crippen LogP contribution in [0.15, 0.2) is 28.0 Å². The van der Waals surface area contributed by atoms with Gasteiger partial charge in [-0.1, -0.05) is 0 Å². The summed E-state index contributed by atoms with van der Waals surface area (Å²) in [5, 5.41) is 1.15. The topological polar surface area (TPSA) is 106 Å². The maximum Gasteiger partial charge on any atom is 0.429 e. The van der Waals surface area contributed by atoms with Crippen molar-refractivity contribution in [2.75, 3.05) is 11.6 Å². The Balaban J connectivity index is 2.35. The predicted octanol–water partition coefficient (Wildman–Crippen LogP) is 1.38. The normalized spacial score (nSPS) is 15.3. The third-order valence-corrected chi connectivity index (χ3v) is 4.01. The van der Waals surface area contributed by atoms with Crippen LogP contribution in [0.1, 0.15) is 33.6 Å². The second kappa shape index (κ2) is 5.97. The number of ether oxygens (including phenoxy) is 1. The maximum absolute atomic E-state index is 12.3. The van der Waals surface area contributed by atoms with Gasteiger partial charge in [-0.25, -0.2) is 14.5 Å². The Bertz CT molecular complexity index is 758. The van der Waals surface area contributed by atoms with Gasteiger partial charge in [0.15, 0.2) is 0 Å². The number of hydrogen-bond donors (Lipinski definition) is 1. The maximum atomic E-state index is 12.3. The summed E-state index contributed by atoms with van der Waals surface area (Å²) in [5.74, 6) is 0.288. The summed E-state index contributed by atoms with van der Waals surface area (Å²) in [6.45, 7) is 5.44. The van der Waals surface area contributed by atoms with Crippen LogP contribution in [0, 0.1) is 5.92 Å². The van der Waals surface area contributed by atoms with Gasteiger partial charge in [-0.3, -0.25) is 9.35 Å². The molecule has 1 fully saturated rings. The summed E-state index contributed by atoms with van der Waals surface area (Å²) in [6.07, 6.45) is 2.36. The molecule has 0 saturated heterocycles. The SMILES string of the molecule is CC(C)(C)OC(=O)N(CC1CC1)n1ccc(S(=O)(=O)O)cc1=O. The lowest BCUT2D eigenvalue weighted by Crippen LogP contribution is -2.49. The third kappa shape index (κ3) is 4.80. The average molecular weight is 344 g/mol. The van der Waals surface area contributed by atoms with E-state index >= 15 is 0 Å². The zero-order chi connectivity index (χ0) is 17.4. The standard InChI is InChI=1S/C14H20N2O6S/c1-14(2,3)22-13(18)16(9-10-4-5-10)15-7-6-11(8-12(15)17)23(19,20)21/h6-8,10H,4-5,9H2,1-3H3,(H,19,20,21). The van der Waals surface area contributed by atoms with E-state index in [-0.39, 0.29) is 5.92 Å². The summed E-state index contributed by atoms with van der Waals surface area (Å²) in [4.78, 5) is 24.0. The summed E-state index contributed by atoms with van der Waals surface area (Å²) in [7, 11) is -4.48. The Morgan fingerprint density at radius 2 is 2.04 bits per heavy atom. The lowest BCUT2D eigenvalue weighted by Gasteiger charge is -2.28. The summed E-state index contributed by atoms with van der Waals surface area (Å²) in [5.41, 5.74) is -1.47. The molecular weight excluding hydrogens is 324 g/mol. The van der Waals surface area contributed by atoms with E-state index in [4.69, 9.17) is 9.29 Å². The van der Waals surface area contributed by atoms with Gasteiger partial charge in [-0.2, -0.15) is 8.42 Å². The molecule has 23 heavy (non-hydrogen) atoms. The van der Waals surface area contributed by atoms with E-state index in [2.05, 4.69) is 0 Å². The van der Waals surface area contributed by atoms with E-state index in [1.165, 1.54) is 0 Å². The van der Waals surface area contributed by atoms with Gasteiger partial charge in [0.25, 0.3) is 15.7 Å². The number of amides is 1. The van der Waals surface area contributed by atoms with Crippen LogP contribution in [0.4, 0.5) is 4.79 Å². The molecule has 0 spiro atoms. The molecule has 1 N–H and O–H groups in total. The molecule has 0 aliphatic heterocycles. The molecule has 1 aromatic rings. The van der Waals surface area contributed by atoms with Gasteiger partial charge >= 0.3 is 6.09 Å². The highest BCUT2D eigenvalue weighted by molar-refractivity contribution is 7.85. The molecule has 0 unspecified atom stereocenters. The van der Waals surface area contributed by atoms with E-state index in [0.717, 1.165) is 40.9 Å². The van der Waals surface area contributed by atoms with E-state index < -0.39 is 32.3 Å². The minimum absolute atomic E-state index is 0.288. The molecule has 1 aromatic heterocycles. The molecule has 128 valence electrons. The minimum atomic E-state index is -4.48. The largest absolute Gasteiger partial charge is 0.442 e. The second-order valence-electron chi connectivity index (χ2n) is 6.53. The number of rotatable bonds is 4. The first kappa shape index (κ1) is 17.5. The Kier molecular flexibility index (Phi) is 4.54. The molecule has 0 aromatic carbocycles. The second-order valence-corrected chi connectivity index (χ2v) is 7.95. The first-order chi connectivity index (χ1) is 10.5. The van der Waals surface area contributed by atoms with Crippen molar-refractivity contribution in [1.82, 2.24) is 4.68 Å². The molecule has 0 atom stereocenters. The first-order valence-electron chi connectivity index (χ1n) is 7.18. The number of carbonyl (C=O) groups is 1. The van der Waals surface area contributed by atoms with Crippen molar-refractivity contribution in [1.29, 1.82) is 0 Å². The average Bonchev–Trinajstić information content (AvgIpc) is 3.17. The quantitative estimate of drug-likeness (QED) is 0.827. The van der Waals surface area contributed by atoms with E-state index in [0.29, 0.717) is 6.54 Å². The molecule has 0 radical (unpaired) electrons. The summed E-state index contributed by atoms with van der Waals surface area (Å²) in [6, 6.07) is 1.82. The van der Waals surface area contributed by atoms with Crippen molar-refractivity contribution in [2.45, 2.75) is 44.1 Å². The van der Waals surface area contributed by atoms with Crippen molar-refractivity contribution in [3.05, 3.63) is 28.7 Å². The Hall–Kier alpha value is -1.87. The van der Waals surface area contributed by atoms with Crippen molar-refractivity contribution in [3.8, 4) is 0 Å². The van der Waals surface area contributed by atoms with Crippen LogP contribution in [-0.4, -0.2) is 35.9 Å². The lowest BCUT2D eigenvalue weighted by atomic mass is 10.2. The fourth-order valence-corrected chi connectivity index (χ4v) is 2.41. The van der Waals surface area contributed by atoms with Crippen molar-refractivity contribution < 1.29 is 22.5 Å². The molecule has 9 heteroatoms. The zero-order valence-electron chi connectivity index (χ0n) is 13.2. The lowest BCUT2D eigenvalue weighted by molar-refractivity contribution is 0.0533. The molecule has 2 rings (SSSR count). The van der Waals surface area contributed by atoms with Crippen LogP contribution < -0.4 is 10.6 Å². The Morgan fingerprint density at radius 1 is 1.43 bits per heavy atom. The number of aromatic nitrogens is 1. The van der Waals surface area contributed by atoms with Gasteiger partial charge in [-0.05, 0) is 45.6 Å². The van der Waals surface area contributed by atoms with E-state index in [9.17, 15) is 18.0 Å². The number of nitrogens with zero attached hydrogens (tertiary/aromatic N) is 2. The molecule has 1 amide bonds. The Morgan fingerprint density at radius 3 is 2.48 bits per heavy atom. The van der Waals surface area contributed by atoms with Gasteiger partial charge in [0.05, 0.1) is 0 Å². The number of carbonyl (C=O) groups excluding carboxylic acids is 1. The molecule has 8 nitrogen and oxygen atoms in total. The van der Waals surface area contributed by atoms with Crippen LogP contribution in [0.5, 0.6) is 0 Å². The van der Waals surface area contributed by atoms with Gasteiger partial charge < -0.3 is 4.74 Å². The fourth-order valence-electron chi connectivity index (χ4n) is 1.92. The van der Waals surface area contributed by atoms with Gasteiger partial charge in [0.2, 0.25) is 0 Å². The molecule has 1 aliphatic carbocycles. The fraction of sp³-hybridized carbons (Fsp3) is 0.571. The molecule has 1 heterocycles. The zero-order valence-corrected chi connectivity index (χ0v) is 14.0. The van der Waals surface area contributed by atoms with E-state index in [1.807, 2.05) is 0 Å². The van der Waals surface area contributed by atoms with Crippen LogP contribution in [0.2, 0.25) is 0 Å². The highest BCUT2D eigenvalue weighted by Gasteiger charge is 2.31. The van der Waals surface area contributed by atoms with Crippen molar-refractivity contribution in [3.63, 3.8) is 0 Å². The monoisotopic (exact) mass is 344 g/mol. The molecule has 0 bridgehead atoms. The predicted molar refractivity (Wildman–Crippen MR) is 82.6 cm³/mol. The smallest absolute Gasteiger partial charge is 0.429 e. The van der Waals surface area contributed by atoms with E-state index in [1.54, 1.807) is 20.8 Å². The summed E-state index contributed by atoms with van der Waals surface area (Å²) < 4.78 is 37.4. The van der Waals surface area contributed by atoms with Crippen LogP contribution in [0.3, 0.4) is 0 Å². The number of hydrogen-bond acceptors (Lipinski definition) is 5.